The first-order chi connectivity index (χ1) is 15.0. The highest BCUT2D eigenvalue weighted by atomic mass is 16.2. The fourth-order valence-electron chi connectivity index (χ4n) is 3.66. The molecule has 0 unspecified atom stereocenters. The molecule has 0 aliphatic carbocycles. The van der Waals surface area contributed by atoms with Crippen molar-refractivity contribution < 1.29 is 4.79 Å². The van der Waals surface area contributed by atoms with Crippen molar-refractivity contribution in [2.75, 3.05) is 25.0 Å². The predicted octanol–water partition coefficient (Wildman–Crippen LogP) is 4.30. The second-order valence-electron chi connectivity index (χ2n) is 8.17. The molecule has 0 saturated heterocycles. The van der Waals surface area contributed by atoms with E-state index in [2.05, 4.69) is 48.4 Å². The van der Waals surface area contributed by atoms with Crippen LogP contribution in [0.5, 0.6) is 0 Å². The van der Waals surface area contributed by atoms with E-state index in [0.717, 1.165) is 25.0 Å². The van der Waals surface area contributed by atoms with Crippen LogP contribution in [0, 0.1) is 5.92 Å². The first-order valence-electron chi connectivity index (χ1n) is 10.9. The maximum atomic E-state index is 12.8. The zero-order chi connectivity index (χ0) is 22.2. The van der Waals surface area contributed by atoms with Gasteiger partial charge in [-0.05, 0) is 24.1 Å². The summed E-state index contributed by atoms with van der Waals surface area (Å²) >= 11 is 0. The lowest BCUT2D eigenvalue weighted by molar-refractivity contribution is 0.245. The van der Waals surface area contributed by atoms with Gasteiger partial charge in [0.25, 0.3) is 5.56 Å². The van der Waals surface area contributed by atoms with Gasteiger partial charge in [-0.15, -0.1) is 0 Å². The van der Waals surface area contributed by atoms with E-state index >= 15 is 0 Å². The van der Waals surface area contributed by atoms with E-state index in [1.54, 1.807) is 16.8 Å². The lowest BCUT2D eigenvalue weighted by Gasteiger charge is -2.21. The molecule has 2 N–H and O–H groups in total. The maximum absolute atomic E-state index is 12.8. The Balaban J connectivity index is 1.64. The molecular weight excluding hydrogens is 388 g/mol. The number of pyridine rings is 1. The molecule has 0 spiro atoms. The zero-order valence-corrected chi connectivity index (χ0v) is 18.6. The number of fused-ring (bicyclic) bond motifs is 1. The third kappa shape index (κ3) is 6.18. The number of amides is 2. The van der Waals surface area contributed by atoms with E-state index in [4.69, 9.17) is 0 Å². The Morgan fingerprint density at radius 2 is 1.71 bits per heavy atom. The third-order valence-corrected chi connectivity index (χ3v) is 5.21. The maximum Gasteiger partial charge on any atom is 0.319 e. The minimum absolute atomic E-state index is 0.0326. The fourth-order valence-corrected chi connectivity index (χ4v) is 3.66. The molecule has 3 rings (SSSR count). The molecule has 1 heterocycles. The van der Waals surface area contributed by atoms with Crippen molar-refractivity contribution in [2.24, 2.45) is 5.92 Å². The molecular formula is C25H32N4O2. The molecule has 6 nitrogen and oxygen atoms in total. The van der Waals surface area contributed by atoms with Crippen LogP contribution in [-0.4, -0.2) is 35.1 Å². The Morgan fingerprint density at radius 3 is 2.39 bits per heavy atom. The van der Waals surface area contributed by atoms with Gasteiger partial charge in [0.1, 0.15) is 0 Å². The molecule has 1 aromatic heterocycles. The van der Waals surface area contributed by atoms with Gasteiger partial charge >= 0.3 is 6.03 Å². The highest BCUT2D eigenvalue weighted by Gasteiger charge is 2.12. The van der Waals surface area contributed by atoms with Crippen molar-refractivity contribution in [2.45, 2.75) is 33.9 Å². The highest BCUT2D eigenvalue weighted by molar-refractivity contribution is 6.00. The number of benzene rings is 2. The number of rotatable bonds is 9. The molecule has 164 valence electrons. The number of aromatic nitrogens is 1. The number of hydrogen-bond donors (Lipinski definition) is 2. The monoisotopic (exact) mass is 420 g/mol. The van der Waals surface area contributed by atoms with Gasteiger partial charge < -0.3 is 15.2 Å². The Morgan fingerprint density at radius 1 is 1.03 bits per heavy atom. The van der Waals surface area contributed by atoms with Crippen LogP contribution in [0.15, 0.2) is 65.6 Å². The second kappa shape index (κ2) is 10.8. The van der Waals surface area contributed by atoms with Crippen LogP contribution >= 0.6 is 0 Å². The summed E-state index contributed by atoms with van der Waals surface area (Å²) < 4.78 is 1.68. The summed E-state index contributed by atoms with van der Waals surface area (Å²) in [5.74, 6) is 0.324. The van der Waals surface area contributed by atoms with E-state index in [9.17, 15) is 9.59 Å². The molecule has 0 aliphatic rings. The van der Waals surface area contributed by atoms with Crippen LogP contribution in [0.25, 0.3) is 10.8 Å². The average Bonchev–Trinajstić information content (AvgIpc) is 2.76. The van der Waals surface area contributed by atoms with Crippen molar-refractivity contribution in [3.63, 3.8) is 0 Å². The van der Waals surface area contributed by atoms with Crippen LogP contribution in [0.4, 0.5) is 10.5 Å². The number of nitrogens with zero attached hydrogens (tertiary/aromatic N) is 2. The van der Waals surface area contributed by atoms with Crippen molar-refractivity contribution >= 4 is 22.5 Å². The molecule has 0 atom stereocenters. The van der Waals surface area contributed by atoms with Crippen LogP contribution in [0.1, 0.15) is 26.3 Å². The van der Waals surface area contributed by atoms with Crippen molar-refractivity contribution in [3.8, 4) is 0 Å². The summed E-state index contributed by atoms with van der Waals surface area (Å²) in [5.41, 5.74) is 1.87. The number of hydrogen-bond acceptors (Lipinski definition) is 3. The molecule has 2 amide bonds. The van der Waals surface area contributed by atoms with Gasteiger partial charge in [0, 0.05) is 43.1 Å². The Labute approximate surface area is 183 Å². The number of anilines is 1. The molecule has 0 fully saturated rings. The van der Waals surface area contributed by atoms with Gasteiger partial charge in [0.2, 0.25) is 0 Å². The van der Waals surface area contributed by atoms with E-state index in [1.807, 2.05) is 36.4 Å². The van der Waals surface area contributed by atoms with Crippen LogP contribution in [-0.2, 0) is 13.1 Å². The average molecular weight is 421 g/mol. The summed E-state index contributed by atoms with van der Waals surface area (Å²) in [6.07, 6.45) is 1.75. The van der Waals surface area contributed by atoms with Crippen molar-refractivity contribution in [3.05, 3.63) is 76.7 Å². The normalized spacial score (nSPS) is 11.3. The Hall–Kier alpha value is -3.12. The third-order valence-electron chi connectivity index (χ3n) is 5.21. The van der Waals surface area contributed by atoms with E-state index < -0.39 is 0 Å². The summed E-state index contributed by atoms with van der Waals surface area (Å²) in [6.45, 7) is 9.90. The second-order valence-corrected chi connectivity index (χ2v) is 8.17. The van der Waals surface area contributed by atoms with Gasteiger partial charge in [0.15, 0.2) is 0 Å². The first kappa shape index (κ1) is 22.6. The van der Waals surface area contributed by atoms with Gasteiger partial charge in [0.05, 0.1) is 5.69 Å². The summed E-state index contributed by atoms with van der Waals surface area (Å²) in [6, 6.07) is 17.4. The molecule has 0 saturated carbocycles. The lowest BCUT2D eigenvalue weighted by Crippen LogP contribution is -2.37. The molecule has 0 radical (unpaired) electrons. The van der Waals surface area contributed by atoms with Crippen LogP contribution < -0.4 is 16.2 Å². The number of nitrogens with one attached hydrogen (secondary N) is 2. The highest BCUT2D eigenvalue weighted by Crippen LogP contribution is 2.20. The lowest BCUT2D eigenvalue weighted by atomic mass is 10.1. The van der Waals surface area contributed by atoms with Crippen LogP contribution in [0.2, 0.25) is 0 Å². The van der Waals surface area contributed by atoms with Crippen molar-refractivity contribution in [1.29, 1.82) is 0 Å². The topological polar surface area (TPSA) is 66.4 Å². The molecule has 2 aromatic carbocycles. The molecule has 0 aliphatic heterocycles. The minimum atomic E-state index is -0.268. The van der Waals surface area contributed by atoms with E-state index in [0.29, 0.717) is 30.1 Å². The quantitative estimate of drug-likeness (QED) is 0.542. The molecule has 0 bridgehead atoms. The SMILES string of the molecule is CCN(CCNC(=O)Nc1cn(CC(C)C)c(=O)c2ccccc12)Cc1ccccc1. The largest absolute Gasteiger partial charge is 0.337 e. The van der Waals surface area contributed by atoms with Crippen LogP contribution in [0.3, 0.4) is 0 Å². The number of carbonyl (C=O) groups is 1. The predicted molar refractivity (Wildman–Crippen MR) is 127 cm³/mol. The van der Waals surface area contributed by atoms with Gasteiger partial charge in [-0.1, -0.05) is 69.3 Å². The smallest absolute Gasteiger partial charge is 0.319 e. The zero-order valence-electron chi connectivity index (χ0n) is 18.6. The standard InChI is InChI=1S/C25H32N4O2/c1-4-28(17-20-10-6-5-7-11-20)15-14-26-25(31)27-23-18-29(16-19(2)3)24(30)22-13-9-8-12-21(22)23/h5-13,18-19H,4,14-17H2,1-3H3,(H2,26,27,31). The Bertz CT molecular complexity index is 1060. The van der Waals surface area contributed by atoms with Crippen molar-refractivity contribution in [1.82, 2.24) is 14.8 Å². The van der Waals surface area contributed by atoms with Gasteiger partial charge in [-0.2, -0.15) is 0 Å². The van der Waals surface area contributed by atoms with Gasteiger partial charge in [-0.25, -0.2) is 4.79 Å². The van der Waals surface area contributed by atoms with E-state index in [1.165, 1.54) is 5.56 Å². The minimum Gasteiger partial charge on any atom is -0.337 e. The number of likely N-dealkylation sites (N-methyl/N-ethyl adjacent to an activating group) is 1. The summed E-state index contributed by atoms with van der Waals surface area (Å²) in [4.78, 5) is 27.6. The molecule has 31 heavy (non-hydrogen) atoms. The summed E-state index contributed by atoms with van der Waals surface area (Å²) in [7, 11) is 0. The van der Waals surface area contributed by atoms with Gasteiger partial charge in [-0.3, -0.25) is 9.69 Å². The fraction of sp³-hybridized carbons (Fsp3) is 0.360. The van der Waals surface area contributed by atoms with E-state index in [-0.39, 0.29) is 11.6 Å². The number of carbonyl (C=O) groups excluding carboxylic acids is 1. The summed E-state index contributed by atoms with van der Waals surface area (Å²) in [5, 5.41) is 7.24. The Kier molecular flexibility index (Phi) is 7.84. The molecule has 3 aromatic rings. The first-order valence-corrected chi connectivity index (χ1v) is 10.9. The number of urea groups is 1. The molecule has 6 heteroatoms.